The van der Waals surface area contributed by atoms with Crippen LogP contribution in [0.15, 0.2) is 23.7 Å². The van der Waals surface area contributed by atoms with Gasteiger partial charge in [0.2, 0.25) is 0 Å². The fraction of sp³-hybridized carbons (Fsp3) is 0.467. The van der Waals surface area contributed by atoms with Crippen molar-refractivity contribution in [3.8, 4) is 5.75 Å². The van der Waals surface area contributed by atoms with Gasteiger partial charge in [-0.3, -0.25) is 0 Å². The van der Waals surface area contributed by atoms with Crippen molar-refractivity contribution in [2.75, 3.05) is 6.54 Å². The van der Waals surface area contributed by atoms with Gasteiger partial charge < -0.3 is 20.1 Å². The quantitative estimate of drug-likeness (QED) is 0.840. The second-order valence-electron chi connectivity index (χ2n) is 6.21. The molecule has 0 aromatic heterocycles. The lowest BCUT2D eigenvalue weighted by atomic mass is 9.77. The Morgan fingerprint density at radius 1 is 1.29 bits per heavy atom. The molecular weight excluding hydrogens is 272 g/mol. The third-order valence-corrected chi connectivity index (χ3v) is 4.13. The van der Waals surface area contributed by atoms with Gasteiger partial charge in [0.05, 0.1) is 11.2 Å². The van der Waals surface area contributed by atoms with E-state index in [2.05, 4.69) is 0 Å². The lowest BCUT2D eigenvalue weighted by molar-refractivity contribution is 0.00578. The summed E-state index contributed by atoms with van der Waals surface area (Å²) in [6, 6.07) is 3.83. The van der Waals surface area contributed by atoms with Gasteiger partial charge in [-0.15, -0.1) is 0 Å². The fourth-order valence-corrected chi connectivity index (χ4v) is 2.06. The summed E-state index contributed by atoms with van der Waals surface area (Å²) in [6.07, 6.45) is 1.68. The number of phenols is 1. The highest BCUT2D eigenvalue weighted by molar-refractivity contribution is 6.55. The molecule has 0 aliphatic carbocycles. The van der Waals surface area contributed by atoms with E-state index in [9.17, 15) is 9.50 Å². The monoisotopic (exact) mass is 293 g/mol. The van der Waals surface area contributed by atoms with E-state index in [1.54, 1.807) is 6.08 Å². The molecule has 0 amide bonds. The first kappa shape index (κ1) is 16.0. The van der Waals surface area contributed by atoms with Crippen LogP contribution in [-0.2, 0) is 9.31 Å². The summed E-state index contributed by atoms with van der Waals surface area (Å²) >= 11 is 0. The average Bonchev–Trinajstić information content (AvgIpc) is 2.57. The summed E-state index contributed by atoms with van der Waals surface area (Å²) in [5.74, 6) is -0.632. The molecule has 114 valence electrons. The van der Waals surface area contributed by atoms with E-state index in [0.29, 0.717) is 11.0 Å². The second-order valence-corrected chi connectivity index (χ2v) is 6.21. The largest absolute Gasteiger partial charge is 0.507 e. The van der Waals surface area contributed by atoms with E-state index < -0.39 is 24.1 Å². The number of benzene rings is 1. The molecule has 21 heavy (non-hydrogen) atoms. The Hall–Kier alpha value is -1.37. The Morgan fingerprint density at radius 2 is 1.86 bits per heavy atom. The highest BCUT2D eigenvalue weighted by Gasteiger charge is 2.52. The first-order valence-corrected chi connectivity index (χ1v) is 6.91. The van der Waals surface area contributed by atoms with Crippen LogP contribution < -0.4 is 5.73 Å². The zero-order chi connectivity index (χ0) is 15.8. The van der Waals surface area contributed by atoms with E-state index in [1.165, 1.54) is 12.1 Å². The molecule has 2 rings (SSSR count). The molecule has 0 unspecified atom stereocenters. The predicted molar refractivity (Wildman–Crippen MR) is 81.2 cm³/mol. The molecule has 1 saturated heterocycles. The van der Waals surface area contributed by atoms with E-state index in [-0.39, 0.29) is 12.3 Å². The molecule has 1 aromatic rings. The van der Waals surface area contributed by atoms with Gasteiger partial charge >= 0.3 is 7.12 Å². The molecule has 1 heterocycles. The molecule has 0 spiro atoms. The van der Waals surface area contributed by atoms with E-state index in [1.807, 2.05) is 27.7 Å². The average molecular weight is 293 g/mol. The van der Waals surface area contributed by atoms with Gasteiger partial charge in [0.25, 0.3) is 0 Å². The van der Waals surface area contributed by atoms with Crippen LogP contribution in [0.2, 0.25) is 0 Å². The first-order valence-electron chi connectivity index (χ1n) is 6.91. The molecule has 0 saturated carbocycles. The van der Waals surface area contributed by atoms with Crippen molar-refractivity contribution in [3.63, 3.8) is 0 Å². The van der Waals surface area contributed by atoms with Gasteiger partial charge in [0.1, 0.15) is 11.6 Å². The van der Waals surface area contributed by atoms with Gasteiger partial charge in [0, 0.05) is 18.2 Å². The minimum atomic E-state index is -0.579. The molecular formula is C15H21BFNO3. The molecule has 0 bridgehead atoms. The number of halogens is 1. The van der Waals surface area contributed by atoms with Crippen molar-refractivity contribution in [2.24, 2.45) is 5.73 Å². The molecule has 1 fully saturated rings. The second kappa shape index (κ2) is 5.44. The van der Waals surface area contributed by atoms with Gasteiger partial charge in [-0.25, -0.2) is 4.39 Å². The Labute approximate surface area is 124 Å². The Kier molecular flexibility index (Phi) is 4.15. The number of rotatable bonds is 3. The van der Waals surface area contributed by atoms with Gasteiger partial charge in [0.15, 0.2) is 0 Å². The zero-order valence-electron chi connectivity index (χ0n) is 12.8. The highest BCUT2D eigenvalue weighted by Crippen LogP contribution is 2.38. The standard InChI is InChI=1S/C15H21BFNO3/c1-14(2)15(3,4)21-16(20-14)11(9-18)7-10-5-6-12(17)8-13(10)19/h5-8,19H,9,18H2,1-4H3. The molecule has 1 aromatic carbocycles. The Bertz CT molecular complexity index is 556. The summed E-state index contributed by atoms with van der Waals surface area (Å²) in [7, 11) is -0.579. The minimum Gasteiger partial charge on any atom is -0.507 e. The SMILES string of the molecule is CC1(C)OB(C(=Cc2ccc(F)cc2O)CN)OC1(C)C. The number of phenolic OH excluding ortho intramolecular Hbond substituents is 1. The molecule has 4 nitrogen and oxygen atoms in total. The van der Waals surface area contributed by atoms with Crippen molar-refractivity contribution in [3.05, 3.63) is 35.1 Å². The van der Waals surface area contributed by atoms with E-state index in [4.69, 9.17) is 15.0 Å². The molecule has 1 aliphatic rings. The molecule has 0 atom stereocenters. The summed E-state index contributed by atoms with van der Waals surface area (Å²) < 4.78 is 24.9. The Balaban J connectivity index is 2.31. The molecule has 3 N–H and O–H groups in total. The topological polar surface area (TPSA) is 64.7 Å². The van der Waals surface area contributed by atoms with Crippen LogP contribution in [0, 0.1) is 5.82 Å². The maximum atomic E-state index is 13.0. The summed E-state index contributed by atoms with van der Waals surface area (Å²) in [5, 5.41) is 9.78. The van der Waals surface area contributed by atoms with Gasteiger partial charge in [-0.05, 0) is 45.3 Å². The number of aromatic hydroxyl groups is 1. The van der Waals surface area contributed by atoms with Gasteiger partial charge in [-0.1, -0.05) is 6.08 Å². The number of nitrogens with two attached hydrogens (primary N) is 1. The molecule has 1 aliphatic heterocycles. The first-order chi connectivity index (χ1) is 9.66. The highest BCUT2D eigenvalue weighted by atomic mass is 19.1. The summed E-state index contributed by atoms with van der Waals surface area (Å²) in [5.41, 5.74) is 6.02. The maximum absolute atomic E-state index is 13.0. The van der Waals surface area contributed by atoms with Crippen molar-refractivity contribution in [2.45, 2.75) is 38.9 Å². The zero-order valence-corrected chi connectivity index (χ0v) is 12.8. The number of hydrogen-bond acceptors (Lipinski definition) is 4. The van der Waals surface area contributed by atoms with E-state index in [0.717, 1.165) is 6.07 Å². The third kappa shape index (κ3) is 3.12. The van der Waals surface area contributed by atoms with Gasteiger partial charge in [-0.2, -0.15) is 0 Å². The lowest BCUT2D eigenvalue weighted by Crippen LogP contribution is -2.41. The van der Waals surface area contributed by atoms with Crippen LogP contribution in [0.4, 0.5) is 4.39 Å². The lowest BCUT2D eigenvalue weighted by Gasteiger charge is -2.32. The van der Waals surface area contributed by atoms with Crippen LogP contribution in [0.5, 0.6) is 5.75 Å². The maximum Gasteiger partial charge on any atom is 0.491 e. The minimum absolute atomic E-state index is 0.141. The van der Waals surface area contributed by atoms with Crippen LogP contribution in [0.1, 0.15) is 33.3 Å². The van der Waals surface area contributed by atoms with Crippen molar-refractivity contribution in [1.82, 2.24) is 0 Å². The third-order valence-electron chi connectivity index (χ3n) is 4.13. The van der Waals surface area contributed by atoms with Crippen LogP contribution in [0.25, 0.3) is 6.08 Å². The fourth-order valence-electron chi connectivity index (χ4n) is 2.06. The van der Waals surface area contributed by atoms with Crippen LogP contribution in [0.3, 0.4) is 0 Å². The summed E-state index contributed by atoms with van der Waals surface area (Å²) in [4.78, 5) is 0. The van der Waals surface area contributed by atoms with Crippen molar-refractivity contribution in [1.29, 1.82) is 0 Å². The predicted octanol–water partition coefficient (Wildman–Crippen LogP) is 2.50. The Morgan fingerprint density at radius 3 is 2.33 bits per heavy atom. The molecule has 6 heteroatoms. The van der Waals surface area contributed by atoms with E-state index >= 15 is 0 Å². The van der Waals surface area contributed by atoms with Crippen molar-refractivity contribution < 1.29 is 18.8 Å². The number of hydrogen-bond donors (Lipinski definition) is 2. The summed E-state index contributed by atoms with van der Waals surface area (Å²) in [6.45, 7) is 8.04. The normalized spacial score (nSPS) is 20.9. The molecule has 0 radical (unpaired) electrons. The smallest absolute Gasteiger partial charge is 0.491 e. The van der Waals surface area contributed by atoms with Crippen molar-refractivity contribution >= 4 is 13.2 Å². The van der Waals surface area contributed by atoms with Crippen LogP contribution >= 0.6 is 0 Å². The van der Waals surface area contributed by atoms with Crippen LogP contribution in [-0.4, -0.2) is 30.0 Å².